The Morgan fingerprint density at radius 2 is 2.10 bits per heavy atom. The summed E-state index contributed by atoms with van der Waals surface area (Å²) in [6.07, 6.45) is 9.71. The third-order valence-electron chi connectivity index (χ3n) is 5.27. The van der Waals surface area contributed by atoms with Crippen molar-refractivity contribution in [2.75, 3.05) is 0 Å². The average molecular weight is 275 g/mol. The van der Waals surface area contributed by atoms with Crippen LogP contribution in [0, 0.1) is 11.3 Å². The van der Waals surface area contributed by atoms with Crippen molar-refractivity contribution in [2.24, 2.45) is 11.3 Å². The van der Waals surface area contributed by atoms with Crippen LogP contribution in [-0.4, -0.2) is 16.0 Å². The summed E-state index contributed by atoms with van der Waals surface area (Å²) in [5, 5.41) is 7.02. The minimum Gasteiger partial charge on any atom is -0.347 e. The Morgan fingerprint density at radius 1 is 1.30 bits per heavy atom. The molecule has 0 saturated heterocycles. The third-order valence-corrected chi connectivity index (χ3v) is 5.27. The van der Waals surface area contributed by atoms with E-state index in [2.05, 4.69) is 15.5 Å². The van der Waals surface area contributed by atoms with E-state index in [1.165, 1.54) is 32.1 Å². The molecule has 0 unspecified atom stereocenters. The van der Waals surface area contributed by atoms with Crippen molar-refractivity contribution in [1.29, 1.82) is 0 Å². The first-order chi connectivity index (χ1) is 9.77. The standard InChI is InChI=1S/C15H21N3O2/c19-14(11-8-15(11)6-7-15)16-9-12-17-13(18-20-12)10-4-2-1-3-5-10/h10-11H,1-9H2,(H,16,19)/t11-/m0/s1. The summed E-state index contributed by atoms with van der Waals surface area (Å²) in [6, 6.07) is 0. The molecule has 1 aromatic heterocycles. The molecule has 0 aliphatic heterocycles. The van der Waals surface area contributed by atoms with Crippen molar-refractivity contribution in [2.45, 2.75) is 63.8 Å². The van der Waals surface area contributed by atoms with Gasteiger partial charge in [-0.3, -0.25) is 4.79 Å². The van der Waals surface area contributed by atoms with E-state index in [-0.39, 0.29) is 11.8 Å². The largest absolute Gasteiger partial charge is 0.347 e. The fourth-order valence-corrected chi connectivity index (χ4v) is 3.58. The number of carbonyl (C=O) groups is 1. The van der Waals surface area contributed by atoms with E-state index in [0.29, 0.717) is 23.8 Å². The SMILES string of the molecule is O=C(NCc1nc(C2CCCCC2)no1)[C@@H]1CC12CC2. The summed E-state index contributed by atoms with van der Waals surface area (Å²) in [6.45, 7) is 0.380. The van der Waals surface area contributed by atoms with Crippen LogP contribution in [0.4, 0.5) is 0 Å². The molecule has 0 radical (unpaired) electrons. The third kappa shape index (κ3) is 2.23. The van der Waals surface area contributed by atoms with E-state index < -0.39 is 0 Å². The molecule has 108 valence electrons. The number of nitrogens with zero attached hydrogens (tertiary/aromatic N) is 2. The van der Waals surface area contributed by atoms with Gasteiger partial charge in [0.1, 0.15) is 0 Å². The molecule has 1 N–H and O–H groups in total. The van der Waals surface area contributed by atoms with Gasteiger partial charge in [0.15, 0.2) is 5.82 Å². The Labute approximate surface area is 118 Å². The molecule has 1 spiro atoms. The highest BCUT2D eigenvalue weighted by molar-refractivity contribution is 5.83. The smallest absolute Gasteiger partial charge is 0.246 e. The van der Waals surface area contributed by atoms with Gasteiger partial charge in [-0.15, -0.1) is 0 Å². The van der Waals surface area contributed by atoms with Crippen LogP contribution in [0.5, 0.6) is 0 Å². The first kappa shape index (κ1) is 12.4. The van der Waals surface area contributed by atoms with Crippen LogP contribution in [0.25, 0.3) is 0 Å². The first-order valence-electron chi connectivity index (χ1n) is 7.87. The highest BCUT2D eigenvalue weighted by atomic mass is 16.5. The number of carbonyl (C=O) groups excluding carboxylic acids is 1. The first-order valence-corrected chi connectivity index (χ1v) is 7.87. The van der Waals surface area contributed by atoms with E-state index in [1.807, 2.05) is 0 Å². The molecule has 5 heteroatoms. The van der Waals surface area contributed by atoms with Gasteiger partial charge in [-0.05, 0) is 37.5 Å². The predicted molar refractivity (Wildman–Crippen MR) is 71.7 cm³/mol. The molecule has 3 fully saturated rings. The number of aromatic nitrogens is 2. The zero-order valence-electron chi connectivity index (χ0n) is 11.7. The summed E-state index contributed by atoms with van der Waals surface area (Å²) in [5.74, 6) is 2.25. The molecular weight excluding hydrogens is 254 g/mol. The highest BCUT2D eigenvalue weighted by Crippen LogP contribution is 2.70. The summed E-state index contributed by atoms with van der Waals surface area (Å²) in [4.78, 5) is 16.4. The van der Waals surface area contributed by atoms with Crippen molar-refractivity contribution < 1.29 is 9.32 Å². The van der Waals surface area contributed by atoms with Crippen LogP contribution in [0.1, 0.15) is 69.0 Å². The lowest BCUT2D eigenvalue weighted by atomic mass is 9.89. The number of hydrogen-bond donors (Lipinski definition) is 1. The van der Waals surface area contributed by atoms with Crippen LogP contribution in [0.2, 0.25) is 0 Å². The maximum Gasteiger partial charge on any atom is 0.246 e. The Kier molecular flexibility index (Phi) is 2.82. The van der Waals surface area contributed by atoms with E-state index in [4.69, 9.17) is 4.52 Å². The average Bonchev–Trinajstić information content (AvgIpc) is 3.37. The molecule has 1 amide bonds. The van der Waals surface area contributed by atoms with E-state index in [0.717, 1.165) is 25.1 Å². The molecule has 0 aromatic carbocycles. The van der Waals surface area contributed by atoms with Gasteiger partial charge < -0.3 is 9.84 Å². The second kappa shape index (κ2) is 4.57. The Bertz CT molecular complexity index is 515. The van der Waals surface area contributed by atoms with Gasteiger partial charge >= 0.3 is 0 Å². The molecular formula is C15H21N3O2. The Balaban J connectivity index is 1.30. The van der Waals surface area contributed by atoms with Crippen LogP contribution in [0.15, 0.2) is 4.52 Å². The van der Waals surface area contributed by atoms with Gasteiger partial charge in [0.25, 0.3) is 0 Å². The maximum atomic E-state index is 11.9. The van der Waals surface area contributed by atoms with Crippen molar-refractivity contribution in [1.82, 2.24) is 15.5 Å². The lowest BCUT2D eigenvalue weighted by Crippen LogP contribution is -2.25. The number of nitrogens with one attached hydrogen (secondary N) is 1. The lowest BCUT2D eigenvalue weighted by Gasteiger charge is -2.17. The molecule has 1 aromatic rings. The zero-order chi connectivity index (χ0) is 13.6. The predicted octanol–water partition coefficient (Wildman–Crippen LogP) is 2.53. The second-order valence-electron chi connectivity index (χ2n) is 6.72. The topological polar surface area (TPSA) is 68.0 Å². The number of hydrogen-bond acceptors (Lipinski definition) is 4. The van der Waals surface area contributed by atoms with Gasteiger partial charge in [0, 0.05) is 11.8 Å². The minimum atomic E-state index is 0.167. The fourth-order valence-electron chi connectivity index (χ4n) is 3.58. The molecule has 3 saturated carbocycles. The van der Waals surface area contributed by atoms with Crippen molar-refractivity contribution in [3.05, 3.63) is 11.7 Å². The van der Waals surface area contributed by atoms with Crippen molar-refractivity contribution in [3.63, 3.8) is 0 Å². The quantitative estimate of drug-likeness (QED) is 0.916. The van der Waals surface area contributed by atoms with Crippen LogP contribution >= 0.6 is 0 Å². The van der Waals surface area contributed by atoms with Crippen LogP contribution in [0.3, 0.4) is 0 Å². The maximum absolute atomic E-state index is 11.9. The summed E-state index contributed by atoms with van der Waals surface area (Å²) in [7, 11) is 0. The minimum absolute atomic E-state index is 0.167. The van der Waals surface area contributed by atoms with Gasteiger partial charge in [0.05, 0.1) is 6.54 Å². The summed E-state index contributed by atoms with van der Waals surface area (Å²) in [5.41, 5.74) is 0.409. The van der Waals surface area contributed by atoms with Crippen molar-refractivity contribution in [3.8, 4) is 0 Å². The lowest BCUT2D eigenvalue weighted by molar-refractivity contribution is -0.123. The zero-order valence-corrected chi connectivity index (χ0v) is 11.7. The number of rotatable bonds is 4. The van der Waals surface area contributed by atoms with Crippen molar-refractivity contribution >= 4 is 5.91 Å². The number of amides is 1. The molecule has 1 atom stereocenters. The van der Waals surface area contributed by atoms with Crippen LogP contribution < -0.4 is 5.32 Å². The monoisotopic (exact) mass is 275 g/mol. The van der Waals surface area contributed by atoms with E-state index in [1.54, 1.807) is 0 Å². The van der Waals surface area contributed by atoms with E-state index in [9.17, 15) is 4.79 Å². The van der Waals surface area contributed by atoms with Gasteiger partial charge in [0.2, 0.25) is 11.8 Å². The molecule has 0 bridgehead atoms. The molecule has 20 heavy (non-hydrogen) atoms. The van der Waals surface area contributed by atoms with E-state index >= 15 is 0 Å². The van der Waals surface area contributed by atoms with Gasteiger partial charge in [-0.1, -0.05) is 24.4 Å². The summed E-state index contributed by atoms with van der Waals surface area (Å²) >= 11 is 0. The second-order valence-corrected chi connectivity index (χ2v) is 6.72. The fraction of sp³-hybridized carbons (Fsp3) is 0.800. The normalized spacial score (nSPS) is 27.5. The highest BCUT2D eigenvalue weighted by Gasteiger charge is 2.65. The molecule has 4 rings (SSSR count). The van der Waals surface area contributed by atoms with Crippen LogP contribution in [-0.2, 0) is 11.3 Å². The van der Waals surface area contributed by atoms with Gasteiger partial charge in [-0.25, -0.2) is 0 Å². The molecule has 1 heterocycles. The molecule has 5 nitrogen and oxygen atoms in total. The Morgan fingerprint density at radius 3 is 2.80 bits per heavy atom. The molecule has 3 aliphatic carbocycles. The Hall–Kier alpha value is -1.39. The molecule has 3 aliphatic rings. The van der Waals surface area contributed by atoms with Gasteiger partial charge in [-0.2, -0.15) is 4.98 Å². The summed E-state index contributed by atoms with van der Waals surface area (Å²) < 4.78 is 5.26.